The molecule has 4 nitrogen and oxygen atoms in total. The number of hydrogen-bond donors (Lipinski definition) is 0. The second-order valence-corrected chi connectivity index (χ2v) is 5.39. The molecule has 0 aliphatic carbocycles. The van der Waals surface area contributed by atoms with Crippen LogP contribution < -0.4 is 9.47 Å². The van der Waals surface area contributed by atoms with Gasteiger partial charge in [-0.05, 0) is 45.0 Å². The number of rotatable bonds is 6. The van der Waals surface area contributed by atoms with Gasteiger partial charge in [-0.25, -0.2) is 0 Å². The summed E-state index contributed by atoms with van der Waals surface area (Å²) in [6.45, 7) is 7.41. The number of ether oxygens (including phenoxy) is 2. The van der Waals surface area contributed by atoms with Crippen LogP contribution in [-0.2, 0) is 0 Å². The van der Waals surface area contributed by atoms with Gasteiger partial charge >= 0.3 is 0 Å². The van der Waals surface area contributed by atoms with Crippen molar-refractivity contribution in [1.82, 2.24) is 4.90 Å². The highest BCUT2D eigenvalue weighted by Crippen LogP contribution is 2.29. The Balaban J connectivity index is 2.19. The van der Waals surface area contributed by atoms with Crippen molar-refractivity contribution < 1.29 is 9.47 Å². The Kier molecular flexibility index (Phi) is 5.62. The quantitative estimate of drug-likeness (QED) is 0.755. The number of hydrogen-bond acceptors (Lipinski definition) is 4. The molecule has 1 aromatic carbocycles. The molecule has 1 saturated heterocycles. The van der Waals surface area contributed by atoms with Crippen LogP contribution in [0.3, 0.4) is 0 Å². The van der Waals surface area contributed by atoms with Gasteiger partial charge in [-0.3, -0.25) is 9.89 Å². The van der Waals surface area contributed by atoms with Crippen molar-refractivity contribution in [2.24, 2.45) is 4.99 Å². The van der Waals surface area contributed by atoms with Crippen LogP contribution in [0.5, 0.6) is 11.5 Å². The molecule has 0 radical (unpaired) electrons. The van der Waals surface area contributed by atoms with E-state index in [0.29, 0.717) is 6.04 Å². The molecule has 4 heteroatoms. The van der Waals surface area contributed by atoms with Crippen molar-refractivity contribution in [3.63, 3.8) is 0 Å². The molecule has 1 aliphatic rings. The summed E-state index contributed by atoms with van der Waals surface area (Å²) >= 11 is 0. The van der Waals surface area contributed by atoms with Crippen LogP contribution in [0.15, 0.2) is 23.2 Å². The molecule has 0 saturated carbocycles. The lowest BCUT2D eigenvalue weighted by atomic mass is 10.1. The molecule has 21 heavy (non-hydrogen) atoms. The molecule has 116 valence electrons. The average Bonchev–Trinajstić information content (AvgIpc) is 2.99. The Morgan fingerprint density at radius 3 is 2.52 bits per heavy atom. The first-order valence-corrected chi connectivity index (χ1v) is 7.67. The molecule has 1 atom stereocenters. The van der Waals surface area contributed by atoms with E-state index < -0.39 is 0 Å². The molecule has 0 aromatic heterocycles. The number of benzene rings is 1. The first-order valence-electron chi connectivity index (χ1n) is 7.67. The van der Waals surface area contributed by atoms with Gasteiger partial charge < -0.3 is 9.47 Å². The van der Waals surface area contributed by atoms with Gasteiger partial charge in [-0.15, -0.1) is 0 Å². The maximum atomic E-state index is 5.45. The summed E-state index contributed by atoms with van der Waals surface area (Å²) in [6.07, 6.45) is 2.53. The minimum absolute atomic E-state index is 0.575. The third kappa shape index (κ3) is 3.56. The van der Waals surface area contributed by atoms with Crippen molar-refractivity contribution in [1.29, 1.82) is 0 Å². The molecule has 0 bridgehead atoms. The fraction of sp³-hybridized carbons (Fsp3) is 0.588. The summed E-state index contributed by atoms with van der Waals surface area (Å²) in [5.41, 5.74) is 1.94. The van der Waals surface area contributed by atoms with Gasteiger partial charge in [0.2, 0.25) is 0 Å². The molecular formula is C17H26N2O2. The van der Waals surface area contributed by atoms with Gasteiger partial charge in [0.15, 0.2) is 0 Å². The number of likely N-dealkylation sites (N-methyl/N-ethyl adjacent to an activating group) is 1. The zero-order valence-corrected chi connectivity index (χ0v) is 13.6. The van der Waals surface area contributed by atoms with Gasteiger partial charge in [0.1, 0.15) is 11.5 Å². The maximum Gasteiger partial charge on any atom is 0.131 e. The Bertz CT molecular complexity index is 477. The molecule has 1 heterocycles. The van der Waals surface area contributed by atoms with E-state index in [4.69, 9.17) is 14.5 Å². The van der Waals surface area contributed by atoms with E-state index in [1.165, 1.54) is 19.4 Å². The van der Waals surface area contributed by atoms with Crippen LogP contribution in [0.25, 0.3) is 0 Å². The Hall–Kier alpha value is -1.55. The van der Waals surface area contributed by atoms with E-state index in [1.54, 1.807) is 14.2 Å². The minimum atomic E-state index is 0.575. The maximum absolute atomic E-state index is 5.45. The van der Waals surface area contributed by atoms with E-state index >= 15 is 0 Å². The van der Waals surface area contributed by atoms with Crippen molar-refractivity contribution in [3.8, 4) is 11.5 Å². The molecular weight excluding hydrogens is 264 g/mol. The smallest absolute Gasteiger partial charge is 0.131 e. The summed E-state index contributed by atoms with van der Waals surface area (Å²) in [7, 11) is 3.36. The van der Waals surface area contributed by atoms with E-state index in [9.17, 15) is 0 Å². The number of aliphatic imine (C=N–C) groups is 1. The monoisotopic (exact) mass is 290 g/mol. The molecule has 0 amide bonds. The lowest BCUT2D eigenvalue weighted by Gasteiger charge is -2.21. The van der Waals surface area contributed by atoms with Gasteiger partial charge in [0.05, 0.1) is 26.3 Å². The largest absolute Gasteiger partial charge is 0.496 e. The predicted octanol–water partition coefficient (Wildman–Crippen LogP) is 3.00. The van der Waals surface area contributed by atoms with Crippen LogP contribution >= 0.6 is 0 Å². The van der Waals surface area contributed by atoms with Gasteiger partial charge in [0.25, 0.3) is 0 Å². The summed E-state index contributed by atoms with van der Waals surface area (Å²) in [5.74, 6) is 1.63. The van der Waals surface area contributed by atoms with Gasteiger partial charge in [0, 0.05) is 11.8 Å². The predicted molar refractivity (Wildman–Crippen MR) is 86.9 cm³/mol. The summed E-state index contributed by atoms with van der Waals surface area (Å²) in [6, 6.07) is 6.41. The SMILES string of the molecule is CCN1CCCC1CN=C(C)c1c(OC)cccc1OC. The molecule has 0 spiro atoms. The van der Waals surface area contributed by atoms with Gasteiger partial charge in [-0.1, -0.05) is 13.0 Å². The van der Waals surface area contributed by atoms with E-state index in [1.807, 2.05) is 25.1 Å². The molecule has 1 fully saturated rings. The molecule has 2 rings (SSSR count). The van der Waals surface area contributed by atoms with Crippen molar-refractivity contribution in [2.75, 3.05) is 33.9 Å². The first-order chi connectivity index (χ1) is 10.2. The van der Waals surface area contributed by atoms with Crippen LogP contribution in [0.4, 0.5) is 0 Å². The lowest BCUT2D eigenvalue weighted by Crippen LogP contribution is -2.31. The van der Waals surface area contributed by atoms with Crippen molar-refractivity contribution in [2.45, 2.75) is 32.7 Å². The zero-order chi connectivity index (χ0) is 15.2. The third-order valence-corrected chi connectivity index (χ3v) is 4.23. The molecule has 1 aromatic rings. The first kappa shape index (κ1) is 15.8. The normalized spacial score (nSPS) is 19.8. The Morgan fingerprint density at radius 1 is 1.29 bits per heavy atom. The standard InChI is InChI=1S/C17H26N2O2/c1-5-19-11-7-8-14(19)12-18-13(2)17-15(20-3)9-6-10-16(17)21-4/h6,9-10,14H,5,7-8,11-12H2,1-4H3. The van der Waals surface area contributed by atoms with Crippen LogP contribution in [-0.4, -0.2) is 50.5 Å². The second-order valence-electron chi connectivity index (χ2n) is 5.39. The highest BCUT2D eigenvalue weighted by Gasteiger charge is 2.22. The minimum Gasteiger partial charge on any atom is -0.496 e. The highest BCUT2D eigenvalue weighted by atomic mass is 16.5. The van der Waals surface area contributed by atoms with Crippen LogP contribution in [0, 0.1) is 0 Å². The molecule has 1 aliphatic heterocycles. The van der Waals surface area contributed by atoms with Crippen LogP contribution in [0.2, 0.25) is 0 Å². The Morgan fingerprint density at radius 2 is 1.95 bits per heavy atom. The van der Waals surface area contributed by atoms with Crippen molar-refractivity contribution in [3.05, 3.63) is 23.8 Å². The van der Waals surface area contributed by atoms with E-state index in [0.717, 1.165) is 35.9 Å². The molecule has 1 unspecified atom stereocenters. The Labute approximate surface area is 127 Å². The summed E-state index contributed by atoms with van der Waals surface area (Å²) < 4.78 is 10.9. The van der Waals surface area contributed by atoms with E-state index in [-0.39, 0.29) is 0 Å². The number of nitrogens with zero attached hydrogens (tertiary/aromatic N) is 2. The fourth-order valence-electron chi connectivity index (χ4n) is 3.05. The topological polar surface area (TPSA) is 34.1 Å². The average molecular weight is 290 g/mol. The number of methoxy groups -OCH3 is 2. The summed E-state index contributed by atoms with van der Waals surface area (Å²) in [4.78, 5) is 7.32. The number of likely N-dealkylation sites (tertiary alicyclic amines) is 1. The summed E-state index contributed by atoms with van der Waals surface area (Å²) in [5, 5.41) is 0. The van der Waals surface area contributed by atoms with Crippen molar-refractivity contribution >= 4 is 5.71 Å². The third-order valence-electron chi connectivity index (χ3n) is 4.23. The van der Waals surface area contributed by atoms with E-state index in [2.05, 4.69) is 11.8 Å². The molecule has 0 N–H and O–H groups in total. The highest BCUT2D eigenvalue weighted by molar-refractivity contribution is 6.03. The lowest BCUT2D eigenvalue weighted by molar-refractivity contribution is 0.273. The van der Waals surface area contributed by atoms with Gasteiger partial charge in [-0.2, -0.15) is 0 Å². The second kappa shape index (κ2) is 7.46. The fourth-order valence-corrected chi connectivity index (χ4v) is 3.05. The zero-order valence-electron chi connectivity index (χ0n) is 13.6. The van der Waals surface area contributed by atoms with Crippen LogP contribution in [0.1, 0.15) is 32.3 Å².